The molecule has 0 atom stereocenters. The molecule has 0 radical (unpaired) electrons. The highest BCUT2D eigenvalue weighted by atomic mass is 16.1. The van der Waals surface area contributed by atoms with Gasteiger partial charge in [-0.3, -0.25) is 15.5 Å². The van der Waals surface area contributed by atoms with E-state index in [0.29, 0.717) is 12.3 Å². The van der Waals surface area contributed by atoms with Gasteiger partial charge in [-0.15, -0.1) is 0 Å². The third-order valence-corrected chi connectivity index (χ3v) is 4.10. The first-order valence-corrected chi connectivity index (χ1v) is 8.62. The molecule has 0 bridgehead atoms. The molecule has 1 heterocycles. The van der Waals surface area contributed by atoms with Crippen molar-refractivity contribution < 1.29 is 4.79 Å². The van der Waals surface area contributed by atoms with E-state index in [9.17, 15) is 4.79 Å². The number of rotatable bonds is 5. The Kier molecular flexibility index (Phi) is 5.27. The normalized spacial score (nSPS) is 10.7. The minimum Gasteiger partial charge on any atom is -0.325 e. The fraction of sp³-hybridized carbons (Fsp3) is 0.190. The Balaban J connectivity index is 2.13. The van der Waals surface area contributed by atoms with Gasteiger partial charge in [0, 0.05) is 10.9 Å². The lowest BCUT2D eigenvalue weighted by Gasteiger charge is -2.15. The molecule has 1 aromatic heterocycles. The molecule has 3 N–H and O–H groups in total. The number of nitrogens with zero attached hydrogens (tertiary/aromatic N) is 1. The second-order valence-corrected chi connectivity index (χ2v) is 6.59. The third-order valence-electron chi connectivity index (χ3n) is 4.10. The van der Waals surface area contributed by atoms with Crippen molar-refractivity contribution in [3.8, 4) is 11.3 Å². The summed E-state index contributed by atoms with van der Waals surface area (Å²) in [5.41, 5.74) is 4.76. The summed E-state index contributed by atoms with van der Waals surface area (Å²) in [4.78, 5) is 15.4. The first-order chi connectivity index (χ1) is 12.6. The van der Waals surface area contributed by atoms with Gasteiger partial charge < -0.3 is 5.32 Å². The number of fused-ring (bicyclic) bond motifs is 1. The van der Waals surface area contributed by atoms with Crippen molar-refractivity contribution in [1.82, 2.24) is 10.3 Å². The summed E-state index contributed by atoms with van der Waals surface area (Å²) in [5, 5.41) is 14.0. The quantitative estimate of drug-likeness (QED) is 0.368. The predicted molar refractivity (Wildman–Crippen MR) is 106 cm³/mol. The summed E-state index contributed by atoms with van der Waals surface area (Å²) < 4.78 is 0. The lowest BCUT2D eigenvalue weighted by Crippen LogP contribution is -2.28. The highest BCUT2D eigenvalue weighted by Crippen LogP contribution is 2.30. The van der Waals surface area contributed by atoms with Crippen molar-refractivity contribution in [2.24, 2.45) is 5.92 Å². The van der Waals surface area contributed by atoms with Crippen LogP contribution in [-0.4, -0.2) is 17.4 Å². The van der Waals surface area contributed by atoms with Crippen LogP contribution in [0.1, 0.15) is 19.4 Å². The number of anilines is 1. The van der Waals surface area contributed by atoms with Crippen LogP contribution in [0.15, 0.2) is 54.6 Å². The number of amides is 1. The molecular formula is C21H22N4O. The number of benzene rings is 2. The number of pyridine rings is 1. The largest absolute Gasteiger partial charge is 0.325 e. The Hall–Kier alpha value is -3.21. The number of hydrogen-bond donors (Lipinski definition) is 3. The van der Waals surface area contributed by atoms with Crippen molar-refractivity contribution in [1.29, 1.82) is 5.41 Å². The SMILES string of the molecule is CC(C)Cc1ccccc1-c1cc(NC(=N)NC=O)c2ccccc2n1. The second-order valence-electron chi connectivity index (χ2n) is 6.59. The number of carbonyl (C=O) groups excluding carboxylic acids is 1. The number of para-hydroxylation sites is 1. The van der Waals surface area contributed by atoms with Crippen molar-refractivity contribution >= 4 is 29.0 Å². The van der Waals surface area contributed by atoms with Crippen molar-refractivity contribution in [3.05, 3.63) is 60.2 Å². The van der Waals surface area contributed by atoms with Gasteiger partial charge in [-0.1, -0.05) is 56.3 Å². The summed E-state index contributed by atoms with van der Waals surface area (Å²) >= 11 is 0. The summed E-state index contributed by atoms with van der Waals surface area (Å²) in [6, 6.07) is 18.0. The van der Waals surface area contributed by atoms with Gasteiger partial charge in [0.15, 0.2) is 5.96 Å². The maximum absolute atomic E-state index is 10.6. The van der Waals surface area contributed by atoms with E-state index in [1.54, 1.807) is 0 Å². The Bertz CT molecular complexity index is 950. The molecule has 26 heavy (non-hydrogen) atoms. The predicted octanol–water partition coefficient (Wildman–Crippen LogP) is 4.19. The van der Waals surface area contributed by atoms with Gasteiger partial charge >= 0.3 is 0 Å². The average Bonchev–Trinajstić information content (AvgIpc) is 2.62. The minimum absolute atomic E-state index is 0.0715. The summed E-state index contributed by atoms with van der Waals surface area (Å²) in [6.07, 6.45) is 1.45. The van der Waals surface area contributed by atoms with Crippen molar-refractivity contribution in [3.63, 3.8) is 0 Å². The fourth-order valence-electron chi connectivity index (χ4n) is 3.03. The Morgan fingerprint density at radius 1 is 1.15 bits per heavy atom. The highest BCUT2D eigenvalue weighted by molar-refractivity contribution is 6.04. The molecule has 3 aromatic rings. The highest BCUT2D eigenvalue weighted by Gasteiger charge is 2.12. The number of guanidine groups is 1. The van der Waals surface area contributed by atoms with Crippen LogP contribution >= 0.6 is 0 Å². The minimum atomic E-state index is -0.0715. The summed E-state index contributed by atoms with van der Waals surface area (Å²) in [7, 11) is 0. The van der Waals surface area contributed by atoms with Crippen LogP contribution in [0.5, 0.6) is 0 Å². The molecule has 5 heteroatoms. The van der Waals surface area contributed by atoms with Crippen LogP contribution in [-0.2, 0) is 11.2 Å². The smallest absolute Gasteiger partial charge is 0.213 e. The standard InChI is InChI=1S/C21H22N4O/c1-14(2)11-15-7-3-4-8-16(15)19-12-20(25-21(22)23-13-26)17-9-5-6-10-18(17)24-19/h3-10,12-14H,11H2,1-2H3,(H3,22,23,24,25,26). The van der Waals surface area contributed by atoms with Gasteiger partial charge in [0.05, 0.1) is 16.9 Å². The van der Waals surface area contributed by atoms with Crippen LogP contribution in [0.3, 0.4) is 0 Å². The molecule has 0 fully saturated rings. The van der Waals surface area contributed by atoms with E-state index < -0.39 is 0 Å². The van der Waals surface area contributed by atoms with E-state index in [2.05, 4.69) is 36.6 Å². The zero-order valence-corrected chi connectivity index (χ0v) is 14.9. The van der Waals surface area contributed by atoms with Gasteiger partial charge in [-0.2, -0.15) is 0 Å². The summed E-state index contributed by atoms with van der Waals surface area (Å²) in [6.45, 7) is 4.40. The molecule has 0 aliphatic heterocycles. The topological polar surface area (TPSA) is 77.9 Å². The third kappa shape index (κ3) is 3.88. The number of carbonyl (C=O) groups is 1. The van der Waals surface area contributed by atoms with Crippen LogP contribution in [0.4, 0.5) is 5.69 Å². The second kappa shape index (κ2) is 7.78. The Morgan fingerprint density at radius 3 is 2.65 bits per heavy atom. The van der Waals surface area contributed by atoms with Crippen LogP contribution < -0.4 is 10.6 Å². The average molecular weight is 346 g/mol. The first-order valence-electron chi connectivity index (χ1n) is 8.62. The van der Waals surface area contributed by atoms with E-state index >= 15 is 0 Å². The maximum atomic E-state index is 10.6. The Labute approximate surface area is 153 Å². The van der Waals surface area contributed by atoms with Crippen molar-refractivity contribution in [2.45, 2.75) is 20.3 Å². The van der Waals surface area contributed by atoms with Gasteiger partial charge in [0.1, 0.15) is 0 Å². The molecule has 3 rings (SSSR count). The molecule has 132 valence electrons. The number of nitrogens with one attached hydrogen (secondary N) is 3. The molecule has 0 unspecified atom stereocenters. The lowest BCUT2D eigenvalue weighted by atomic mass is 9.95. The van der Waals surface area contributed by atoms with E-state index in [1.165, 1.54) is 5.56 Å². The van der Waals surface area contributed by atoms with Crippen LogP contribution in [0, 0.1) is 11.3 Å². The molecule has 0 aliphatic rings. The van der Waals surface area contributed by atoms with Gasteiger partial charge in [0.2, 0.25) is 6.41 Å². The summed E-state index contributed by atoms with van der Waals surface area (Å²) in [5.74, 6) is 0.469. The zero-order chi connectivity index (χ0) is 18.5. The molecule has 0 aliphatic carbocycles. The monoisotopic (exact) mass is 346 g/mol. The van der Waals surface area contributed by atoms with E-state index in [-0.39, 0.29) is 5.96 Å². The zero-order valence-electron chi connectivity index (χ0n) is 14.9. The van der Waals surface area contributed by atoms with Gasteiger partial charge in [-0.25, -0.2) is 4.98 Å². The maximum Gasteiger partial charge on any atom is 0.213 e. The lowest BCUT2D eigenvalue weighted by molar-refractivity contribution is -0.108. The van der Waals surface area contributed by atoms with Crippen LogP contribution in [0.25, 0.3) is 22.2 Å². The van der Waals surface area contributed by atoms with E-state index in [1.807, 2.05) is 42.5 Å². The number of aromatic nitrogens is 1. The Morgan fingerprint density at radius 2 is 1.88 bits per heavy atom. The first kappa shape index (κ1) is 17.6. The van der Waals surface area contributed by atoms with Gasteiger partial charge in [0.25, 0.3) is 0 Å². The molecule has 0 spiro atoms. The molecule has 5 nitrogen and oxygen atoms in total. The van der Waals surface area contributed by atoms with Crippen molar-refractivity contribution in [2.75, 3.05) is 5.32 Å². The van der Waals surface area contributed by atoms with E-state index in [0.717, 1.165) is 34.3 Å². The molecule has 0 saturated carbocycles. The molecule has 2 aromatic carbocycles. The molecule has 1 amide bonds. The fourth-order valence-corrected chi connectivity index (χ4v) is 3.03. The van der Waals surface area contributed by atoms with E-state index in [4.69, 9.17) is 10.4 Å². The molecule has 0 saturated heterocycles. The molecular weight excluding hydrogens is 324 g/mol. The van der Waals surface area contributed by atoms with Crippen LogP contribution in [0.2, 0.25) is 0 Å². The number of hydrogen-bond acceptors (Lipinski definition) is 3. The van der Waals surface area contributed by atoms with Gasteiger partial charge in [-0.05, 0) is 30.0 Å².